The van der Waals surface area contributed by atoms with Gasteiger partial charge >= 0.3 is 30.1 Å². The highest BCUT2D eigenvalue weighted by Crippen LogP contribution is 2.59. The van der Waals surface area contributed by atoms with Gasteiger partial charge in [0.15, 0.2) is 0 Å². The maximum absolute atomic E-state index is 10.8. The normalized spacial score (nSPS) is 24.3. The summed E-state index contributed by atoms with van der Waals surface area (Å²) in [6, 6.07) is 0. The zero-order chi connectivity index (χ0) is 46.5. The van der Waals surface area contributed by atoms with Crippen LogP contribution < -0.4 is 10.6 Å². The Bertz CT molecular complexity index is 1120. The van der Waals surface area contributed by atoms with Gasteiger partial charge in [0.05, 0.1) is 58.8 Å². The van der Waals surface area contributed by atoms with E-state index >= 15 is 0 Å². The first-order valence-corrected chi connectivity index (χ1v) is 23.5. The lowest BCUT2D eigenvalue weighted by atomic mass is 9.82. The number of alkyl carbamates (subject to hydrolysis) is 2. The summed E-state index contributed by atoms with van der Waals surface area (Å²) in [6.07, 6.45) is 19.9. The van der Waals surface area contributed by atoms with E-state index in [1.165, 1.54) is 53.4 Å². The SMILES string of the molecule is C1CC2C3CCC(C3)C2C1.C1CC2C3CCC(C3)C2C1.CCO.CCO.CCOC(=O)CCN=C=O.CCOC(=O)CCNC(=O)OCC.CCOC(=O)CCNC(=O)OCC. The average Bonchev–Trinajstić information content (AvgIpc) is 4.09. The molecule has 16 nitrogen and oxygen atoms in total. The molecule has 0 aromatic carbocycles. The fourth-order valence-electron chi connectivity index (χ4n) is 9.83. The van der Waals surface area contributed by atoms with Crippen molar-refractivity contribution < 1.29 is 62.7 Å². The molecular formula is C46H83N3O13. The molecule has 4 N–H and O–H groups in total. The van der Waals surface area contributed by atoms with Crippen molar-refractivity contribution in [2.45, 2.75) is 145 Å². The Hall–Kier alpha value is -3.75. The molecule has 0 heterocycles. The van der Waals surface area contributed by atoms with Crippen LogP contribution in [-0.2, 0) is 42.9 Å². The number of hydrogen-bond acceptors (Lipinski definition) is 14. The largest absolute Gasteiger partial charge is 0.466 e. The second-order valence-electron chi connectivity index (χ2n) is 15.7. The number of fused-ring (bicyclic) bond motifs is 10. The molecule has 6 aliphatic rings. The number of amides is 2. The van der Waals surface area contributed by atoms with Crippen LogP contribution in [0.3, 0.4) is 0 Å². The Balaban J connectivity index is 0.000000727. The van der Waals surface area contributed by atoms with Crippen molar-refractivity contribution in [2.75, 3.05) is 65.9 Å². The van der Waals surface area contributed by atoms with Gasteiger partial charge < -0.3 is 44.5 Å². The number of aliphatic hydroxyl groups excluding tert-OH is 2. The third-order valence-electron chi connectivity index (χ3n) is 11.9. The molecule has 6 aliphatic carbocycles. The lowest BCUT2D eigenvalue weighted by Gasteiger charge is -2.23. The minimum atomic E-state index is -0.508. The maximum atomic E-state index is 10.8. The van der Waals surface area contributed by atoms with Crippen LogP contribution in [-0.4, -0.2) is 112 Å². The molecule has 4 bridgehead atoms. The summed E-state index contributed by atoms with van der Waals surface area (Å²) in [5, 5.41) is 20.0. The van der Waals surface area contributed by atoms with Gasteiger partial charge in [-0.2, -0.15) is 0 Å². The van der Waals surface area contributed by atoms with Crippen LogP contribution in [0.5, 0.6) is 0 Å². The quantitative estimate of drug-likeness (QED) is 0.0582. The topological polar surface area (TPSA) is 225 Å². The molecular weight excluding hydrogens is 803 g/mol. The predicted octanol–water partition coefficient (Wildman–Crippen LogP) is 7.31. The highest BCUT2D eigenvalue weighted by Gasteiger charge is 2.49. The number of carbonyl (C=O) groups is 5. The number of isocyanates is 1. The van der Waals surface area contributed by atoms with Crippen molar-refractivity contribution in [3.63, 3.8) is 0 Å². The molecule has 16 heteroatoms. The Morgan fingerprint density at radius 1 is 0.500 bits per heavy atom. The number of carbonyl (C=O) groups excluding carboxylic acids is 6. The summed E-state index contributed by atoms with van der Waals surface area (Å²) in [6.45, 7) is 14.9. The predicted molar refractivity (Wildman–Crippen MR) is 236 cm³/mol. The zero-order valence-electron chi connectivity index (χ0n) is 39.1. The highest BCUT2D eigenvalue weighted by molar-refractivity contribution is 5.72. The van der Waals surface area contributed by atoms with E-state index in [1.54, 1.807) is 126 Å². The van der Waals surface area contributed by atoms with Gasteiger partial charge in [0.1, 0.15) is 0 Å². The number of ether oxygens (including phenoxy) is 5. The third kappa shape index (κ3) is 25.4. The average molecular weight is 886 g/mol. The molecule has 0 aromatic rings. The van der Waals surface area contributed by atoms with Crippen LogP contribution in [0, 0.1) is 47.3 Å². The van der Waals surface area contributed by atoms with E-state index in [4.69, 9.17) is 10.2 Å². The van der Waals surface area contributed by atoms with Gasteiger partial charge in [-0.3, -0.25) is 14.4 Å². The molecule has 8 atom stereocenters. The van der Waals surface area contributed by atoms with Crippen LogP contribution in [0.4, 0.5) is 9.59 Å². The first-order valence-electron chi connectivity index (χ1n) is 23.5. The number of aliphatic imine (C=N–C) groups is 1. The van der Waals surface area contributed by atoms with Crippen molar-refractivity contribution in [1.82, 2.24) is 10.6 Å². The summed E-state index contributed by atoms with van der Waals surface area (Å²) in [4.78, 5) is 66.1. The summed E-state index contributed by atoms with van der Waals surface area (Å²) in [5.41, 5.74) is 0. The first-order chi connectivity index (χ1) is 29.9. The molecule has 0 saturated heterocycles. The van der Waals surface area contributed by atoms with E-state index < -0.39 is 12.2 Å². The Labute approximate surface area is 371 Å². The van der Waals surface area contributed by atoms with Crippen LogP contribution in [0.15, 0.2) is 4.99 Å². The number of rotatable bonds is 14. The smallest absolute Gasteiger partial charge is 0.407 e. The maximum Gasteiger partial charge on any atom is 0.407 e. The van der Waals surface area contributed by atoms with Crippen molar-refractivity contribution in [2.24, 2.45) is 52.3 Å². The van der Waals surface area contributed by atoms with Crippen LogP contribution in [0.25, 0.3) is 0 Å². The lowest BCUT2D eigenvalue weighted by molar-refractivity contribution is -0.143. The van der Waals surface area contributed by atoms with Gasteiger partial charge in [0.2, 0.25) is 6.08 Å². The summed E-state index contributed by atoms with van der Waals surface area (Å²) >= 11 is 0. The number of esters is 3. The Morgan fingerprint density at radius 3 is 1.06 bits per heavy atom. The van der Waals surface area contributed by atoms with Gasteiger partial charge in [-0.25, -0.2) is 19.4 Å². The molecule has 6 rings (SSSR count). The van der Waals surface area contributed by atoms with E-state index in [0.717, 1.165) is 0 Å². The van der Waals surface area contributed by atoms with E-state index in [9.17, 15) is 28.8 Å². The second-order valence-corrected chi connectivity index (χ2v) is 15.7. The van der Waals surface area contributed by atoms with Gasteiger partial charge in [-0.1, -0.05) is 12.8 Å². The van der Waals surface area contributed by atoms with Crippen LogP contribution in [0.2, 0.25) is 0 Å². The molecule has 6 saturated carbocycles. The van der Waals surface area contributed by atoms with E-state index in [-0.39, 0.29) is 70.0 Å². The molecule has 6 fully saturated rings. The summed E-state index contributed by atoms with van der Waals surface area (Å²) < 4.78 is 23.0. The fraction of sp³-hybridized carbons (Fsp3) is 0.870. The monoisotopic (exact) mass is 886 g/mol. The lowest BCUT2D eigenvalue weighted by Crippen LogP contribution is -2.27. The van der Waals surface area contributed by atoms with Gasteiger partial charge in [0.25, 0.3) is 0 Å². The van der Waals surface area contributed by atoms with Gasteiger partial charge in [-0.05, 0) is 160 Å². The molecule has 0 radical (unpaired) electrons. The Morgan fingerprint density at radius 2 is 0.790 bits per heavy atom. The number of aliphatic hydroxyl groups is 2. The molecule has 360 valence electrons. The van der Waals surface area contributed by atoms with E-state index in [2.05, 4.69) is 39.3 Å². The van der Waals surface area contributed by atoms with Crippen molar-refractivity contribution >= 4 is 36.2 Å². The second kappa shape index (κ2) is 37.8. The summed E-state index contributed by atoms with van der Waals surface area (Å²) in [7, 11) is 0. The molecule has 62 heavy (non-hydrogen) atoms. The van der Waals surface area contributed by atoms with Gasteiger partial charge in [-0.15, -0.1) is 0 Å². The van der Waals surface area contributed by atoms with Crippen LogP contribution in [0.1, 0.15) is 145 Å². The number of nitrogens with one attached hydrogen (secondary N) is 2. The van der Waals surface area contributed by atoms with E-state index in [0.29, 0.717) is 33.0 Å². The summed E-state index contributed by atoms with van der Waals surface area (Å²) in [5.74, 6) is 8.63. The standard InChI is InChI=1S/2C10H16.2C8H15NO4.C6H9NO3.2C2H6O/c2*1-2-9-7-4-5-8(6-7)10(9)3-1;2*1-3-12-7(10)5-6-9-8(11)13-4-2;1-2-10-6(9)3-4-7-5-8;2*1-2-3/h2*7-10H,1-6H2;2*3-6H2,1-2H3,(H,9,11);2-4H2,1H3;2*3H,2H2,1H3. The van der Waals surface area contributed by atoms with Gasteiger partial charge in [0, 0.05) is 26.3 Å². The molecule has 8 unspecified atom stereocenters. The fourth-order valence-corrected chi connectivity index (χ4v) is 9.83. The van der Waals surface area contributed by atoms with Crippen molar-refractivity contribution in [1.29, 1.82) is 0 Å². The van der Waals surface area contributed by atoms with Crippen molar-refractivity contribution in [3.8, 4) is 0 Å². The third-order valence-corrected chi connectivity index (χ3v) is 11.9. The minimum absolute atomic E-state index is 0.156. The Kier molecular flexibility index (Phi) is 35.5. The van der Waals surface area contributed by atoms with E-state index in [1.807, 2.05) is 0 Å². The number of hydrogen-bond donors (Lipinski definition) is 4. The number of nitrogens with zero attached hydrogens (tertiary/aromatic N) is 1. The van der Waals surface area contributed by atoms with Crippen molar-refractivity contribution in [3.05, 3.63) is 0 Å². The first kappa shape index (κ1) is 58.2. The molecule has 0 aliphatic heterocycles. The molecule has 2 amide bonds. The highest BCUT2D eigenvalue weighted by atomic mass is 16.6. The molecule has 0 aromatic heterocycles. The minimum Gasteiger partial charge on any atom is -0.466 e. The zero-order valence-corrected chi connectivity index (χ0v) is 39.1. The molecule has 0 spiro atoms. The van der Waals surface area contributed by atoms with Crippen LogP contribution >= 0.6 is 0 Å².